The molecule has 3 nitrogen and oxygen atoms in total. The summed E-state index contributed by atoms with van der Waals surface area (Å²) < 4.78 is 6.77. The Morgan fingerprint density at radius 2 is 1.79 bits per heavy atom. The van der Waals surface area contributed by atoms with Crippen molar-refractivity contribution in [2.45, 2.75) is 31.8 Å². The fraction of sp³-hybridized carbons (Fsp3) is 0.316. The van der Waals surface area contributed by atoms with E-state index in [2.05, 4.69) is 15.9 Å². The van der Waals surface area contributed by atoms with Crippen LogP contribution in [0.1, 0.15) is 30.4 Å². The third-order valence-electron chi connectivity index (χ3n) is 3.87. The smallest absolute Gasteiger partial charge is 0.306 e. The number of halogens is 2. The molecule has 0 fully saturated rings. The Bertz CT molecular complexity index is 655. The lowest BCUT2D eigenvalue weighted by atomic mass is 9.86. The molecule has 0 aliphatic heterocycles. The molecule has 0 spiro atoms. The van der Waals surface area contributed by atoms with Crippen LogP contribution >= 0.6 is 27.5 Å². The van der Waals surface area contributed by atoms with Crippen molar-refractivity contribution in [3.8, 4) is 0 Å². The van der Waals surface area contributed by atoms with Crippen LogP contribution in [0.3, 0.4) is 0 Å². The summed E-state index contributed by atoms with van der Waals surface area (Å²) in [5, 5.41) is 9.93. The second-order valence-electron chi connectivity index (χ2n) is 5.58. The Balaban J connectivity index is 2.32. The largest absolute Gasteiger partial charge is 0.481 e. The van der Waals surface area contributed by atoms with Gasteiger partial charge in [-0.3, -0.25) is 4.79 Å². The first kappa shape index (κ1) is 19.0. The Morgan fingerprint density at radius 3 is 2.33 bits per heavy atom. The summed E-state index contributed by atoms with van der Waals surface area (Å²) in [5.41, 5.74) is 2.16. The van der Waals surface area contributed by atoms with E-state index in [1.807, 2.05) is 55.5 Å². The SMILES string of the molecule is CCO[C@H](CC(=O)O)[C@H](Cc1ccc(Cl)cc1)c1ccc(Br)cc1. The molecule has 0 aliphatic rings. The summed E-state index contributed by atoms with van der Waals surface area (Å²) in [6.07, 6.45) is 0.281. The fourth-order valence-electron chi connectivity index (χ4n) is 2.75. The first-order chi connectivity index (χ1) is 11.5. The second kappa shape index (κ2) is 9.21. The van der Waals surface area contributed by atoms with Crippen LogP contribution in [0.5, 0.6) is 0 Å². The molecule has 0 bridgehead atoms. The summed E-state index contributed by atoms with van der Waals surface area (Å²) in [5.74, 6) is -0.901. The van der Waals surface area contributed by atoms with Gasteiger partial charge in [0.15, 0.2) is 0 Å². The molecule has 128 valence electrons. The van der Waals surface area contributed by atoms with Crippen LogP contribution in [0.15, 0.2) is 53.0 Å². The predicted molar refractivity (Wildman–Crippen MR) is 99.7 cm³/mol. The zero-order chi connectivity index (χ0) is 17.5. The van der Waals surface area contributed by atoms with Crippen molar-refractivity contribution in [3.05, 3.63) is 69.2 Å². The first-order valence-electron chi connectivity index (χ1n) is 7.83. The summed E-state index contributed by atoms with van der Waals surface area (Å²) in [6, 6.07) is 15.6. The van der Waals surface area contributed by atoms with E-state index in [1.165, 1.54) is 0 Å². The van der Waals surface area contributed by atoms with E-state index < -0.39 is 5.97 Å². The lowest BCUT2D eigenvalue weighted by Gasteiger charge is -2.27. The summed E-state index contributed by atoms with van der Waals surface area (Å²) >= 11 is 9.39. The monoisotopic (exact) mass is 410 g/mol. The molecular weight excluding hydrogens is 392 g/mol. The van der Waals surface area contributed by atoms with Crippen molar-refractivity contribution in [1.82, 2.24) is 0 Å². The number of aliphatic carboxylic acids is 1. The average molecular weight is 412 g/mol. The lowest BCUT2D eigenvalue weighted by molar-refractivity contribution is -0.140. The molecule has 0 aliphatic carbocycles. The standard InChI is InChI=1S/C19H20BrClO3/c1-2-24-18(12-19(22)23)17(14-5-7-15(20)8-6-14)11-13-3-9-16(21)10-4-13/h3-10,17-18H,2,11-12H2,1H3,(H,22,23)/t17-,18-/m1/s1. The van der Waals surface area contributed by atoms with Crippen molar-refractivity contribution in [3.63, 3.8) is 0 Å². The summed E-state index contributed by atoms with van der Waals surface area (Å²) in [7, 11) is 0. The van der Waals surface area contributed by atoms with Gasteiger partial charge in [-0.25, -0.2) is 0 Å². The van der Waals surface area contributed by atoms with E-state index in [9.17, 15) is 9.90 Å². The van der Waals surface area contributed by atoms with Crippen LogP contribution in [0, 0.1) is 0 Å². The number of carboxylic acids is 1. The molecule has 2 rings (SSSR count). The van der Waals surface area contributed by atoms with Gasteiger partial charge in [0.05, 0.1) is 12.5 Å². The molecule has 0 heterocycles. The van der Waals surface area contributed by atoms with Gasteiger partial charge in [0.2, 0.25) is 0 Å². The lowest BCUT2D eigenvalue weighted by Crippen LogP contribution is -2.27. The number of rotatable bonds is 8. The number of hydrogen-bond acceptors (Lipinski definition) is 2. The highest BCUT2D eigenvalue weighted by atomic mass is 79.9. The van der Waals surface area contributed by atoms with Gasteiger partial charge in [-0.05, 0) is 48.7 Å². The maximum Gasteiger partial charge on any atom is 0.306 e. The van der Waals surface area contributed by atoms with Crippen LogP contribution in [0.2, 0.25) is 5.02 Å². The third kappa shape index (κ3) is 5.62. The van der Waals surface area contributed by atoms with Crippen molar-refractivity contribution in [2.24, 2.45) is 0 Å². The Labute approximate surface area is 155 Å². The number of ether oxygens (including phenoxy) is 1. The zero-order valence-electron chi connectivity index (χ0n) is 13.4. The van der Waals surface area contributed by atoms with Gasteiger partial charge < -0.3 is 9.84 Å². The molecule has 0 aromatic heterocycles. The molecule has 2 atom stereocenters. The second-order valence-corrected chi connectivity index (χ2v) is 6.93. The summed E-state index contributed by atoms with van der Waals surface area (Å²) in [4.78, 5) is 11.3. The van der Waals surface area contributed by atoms with Crippen LogP contribution in [-0.2, 0) is 16.0 Å². The highest BCUT2D eigenvalue weighted by Gasteiger charge is 2.26. The minimum absolute atomic E-state index is 0.0256. The van der Waals surface area contributed by atoms with E-state index in [4.69, 9.17) is 16.3 Å². The van der Waals surface area contributed by atoms with E-state index in [1.54, 1.807) is 0 Å². The molecule has 2 aromatic rings. The Morgan fingerprint density at radius 1 is 1.17 bits per heavy atom. The molecule has 0 amide bonds. The molecular formula is C19H20BrClO3. The van der Waals surface area contributed by atoms with Crippen LogP contribution in [-0.4, -0.2) is 23.8 Å². The molecule has 0 unspecified atom stereocenters. The van der Waals surface area contributed by atoms with Crippen molar-refractivity contribution in [2.75, 3.05) is 6.61 Å². The van der Waals surface area contributed by atoms with Crippen LogP contribution in [0.25, 0.3) is 0 Å². The number of carboxylic acid groups (broad SMARTS) is 1. The van der Waals surface area contributed by atoms with Gasteiger partial charge in [0, 0.05) is 22.0 Å². The highest BCUT2D eigenvalue weighted by molar-refractivity contribution is 9.10. The Hall–Kier alpha value is -1.36. The zero-order valence-corrected chi connectivity index (χ0v) is 15.8. The first-order valence-corrected chi connectivity index (χ1v) is 9.00. The molecule has 0 saturated carbocycles. The van der Waals surface area contributed by atoms with Gasteiger partial charge in [0.1, 0.15) is 0 Å². The van der Waals surface area contributed by atoms with Gasteiger partial charge in [-0.1, -0.05) is 51.8 Å². The van der Waals surface area contributed by atoms with E-state index in [0.717, 1.165) is 15.6 Å². The topological polar surface area (TPSA) is 46.5 Å². The molecule has 0 radical (unpaired) electrons. The number of benzene rings is 2. The Kier molecular flexibility index (Phi) is 7.28. The molecule has 2 aromatic carbocycles. The van der Waals surface area contributed by atoms with Gasteiger partial charge in [-0.2, -0.15) is 0 Å². The van der Waals surface area contributed by atoms with E-state index in [-0.39, 0.29) is 18.4 Å². The molecule has 1 N–H and O–H groups in total. The van der Waals surface area contributed by atoms with Crippen molar-refractivity contribution < 1.29 is 14.6 Å². The van der Waals surface area contributed by atoms with Crippen LogP contribution < -0.4 is 0 Å². The number of carbonyl (C=O) groups is 1. The fourth-order valence-corrected chi connectivity index (χ4v) is 3.14. The normalized spacial score (nSPS) is 13.5. The minimum atomic E-state index is -0.855. The molecule has 5 heteroatoms. The molecule has 24 heavy (non-hydrogen) atoms. The van der Waals surface area contributed by atoms with Gasteiger partial charge >= 0.3 is 5.97 Å². The molecule has 0 saturated heterocycles. The van der Waals surface area contributed by atoms with Crippen molar-refractivity contribution in [1.29, 1.82) is 0 Å². The van der Waals surface area contributed by atoms with E-state index in [0.29, 0.717) is 18.1 Å². The quantitative estimate of drug-likeness (QED) is 0.640. The minimum Gasteiger partial charge on any atom is -0.481 e. The maximum absolute atomic E-state index is 11.3. The third-order valence-corrected chi connectivity index (χ3v) is 4.65. The average Bonchev–Trinajstić information content (AvgIpc) is 2.55. The summed E-state index contributed by atoms with van der Waals surface area (Å²) in [6.45, 7) is 2.36. The van der Waals surface area contributed by atoms with E-state index >= 15 is 0 Å². The number of hydrogen-bond donors (Lipinski definition) is 1. The van der Waals surface area contributed by atoms with Gasteiger partial charge in [-0.15, -0.1) is 0 Å². The highest BCUT2D eigenvalue weighted by Crippen LogP contribution is 2.30. The van der Waals surface area contributed by atoms with Crippen molar-refractivity contribution >= 4 is 33.5 Å². The maximum atomic E-state index is 11.3. The predicted octanol–water partition coefficient (Wildman–Crippen LogP) is 5.31. The van der Waals surface area contributed by atoms with Gasteiger partial charge in [0.25, 0.3) is 0 Å². The van der Waals surface area contributed by atoms with Crippen LogP contribution in [0.4, 0.5) is 0 Å².